The Balaban J connectivity index is 1.29. The summed E-state index contributed by atoms with van der Waals surface area (Å²) in [7, 11) is 0. The molecule has 2 aliphatic heterocycles. The third-order valence-corrected chi connectivity index (χ3v) is 11.8. The molecule has 4 aromatic carbocycles. The third kappa shape index (κ3) is 5.32. The number of aromatic nitrogens is 1. The van der Waals surface area contributed by atoms with E-state index in [2.05, 4.69) is 54.2 Å². The fraction of sp³-hybridized carbons (Fsp3) is 0.222. The van der Waals surface area contributed by atoms with Gasteiger partial charge in [-0.05, 0) is 52.3 Å². The van der Waals surface area contributed by atoms with Crippen LogP contribution in [0.4, 0.5) is 11.4 Å². The molecule has 2 aliphatic rings. The van der Waals surface area contributed by atoms with Crippen LogP contribution in [-0.4, -0.2) is 27.5 Å². The molecular weight excluding hydrogens is 682 g/mol. The first-order valence-electron chi connectivity index (χ1n) is 14.9. The minimum Gasteiger partial charge on any atom is -0.324 e. The number of fused-ring (bicyclic) bond motifs is 3. The number of carbonyl (C=O) groups is 3. The largest absolute Gasteiger partial charge is 0.324 e. The normalized spacial score (nSPS) is 19.3. The lowest BCUT2D eigenvalue weighted by atomic mass is 9.81. The Bertz CT molecular complexity index is 2070. The van der Waals surface area contributed by atoms with Crippen molar-refractivity contribution in [1.29, 1.82) is 0 Å². The molecule has 7 rings (SSSR count). The monoisotopic (exact) mass is 711 g/mol. The third-order valence-electron chi connectivity index (χ3n) is 8.64. The van der Waals surface area contributed by atoms with Gasteiger partial charge in [-0.15, -0.1) is 0 Å². The summed E-state index contributed by atoms with van der Waals surface area (Å²) in [4.78, 5) is 56.9. The highest BCUT2D eigenvalue weighted by molar-refractivity contribution is 9.10. The first-order valence-corrected chi connectivity index (χ1v) is 17.4. The lowest BCUT2D eigenvalue weighted by molar-refractivity contribution is -0.122. The van der Waals surface area contributed by atoms with Crippen LogP contribution in [0.15, 0.2) is 105 Å². The lowest BCUT2D eigenvalue weighted by Gasteiger charge is -2.31. The summed E-state index contributed by atoms with van der Waals surface area (Å²) in [6, 6.07) is 28.7. The van der Waals surface area contributed by atoms with E-state index in [1.54, 1.807) is 24.3 Å². The van der Waals surface area contributed by atoms with Gasteiger partial charge in [0.1, 0.15) is 11.8 Å². The quantitative estimate of drug-likeness (QED) is 0.190. The Morgan fingerprint density at radius 1 is 0.870 bits per heavy atom. The van der Waals surface area contributed by atoms with E-state index in [1.807, 2.05) is 54.6 Å². The summed E-state index contributed by atoms with van der Waals surface area (Å²) in [6.07, 6.45) is 0. The first-order chi connectivity index (χ1) is 22.0. The highest BCUT2D eigenvalue weighted by Gasteiger charge is 2.56. The number of anilines is 2. The van der Waals surface area contributed by atoms with Crippen LogP contribution >= 0.6 is 39.0 Å². The van der Waals surface area contributed by atoms with E-state index in [9.17, 15) is 19.2 Å². The number of thiazole rings is 1. The zero-order valence-corrected chi connectivity index (χ0v) is 28.5. The van der Waals surface area contributed by atoms with Gasteiger partial charge >= 0.3 is 4.87 Å². The molecule has 1 saturated heterocycles. The van der Waals surface area contributed by atoms with Gasteiger partial charge in [0.2, 0.25) is 17.7 Å². The van der Waals surface area contributed by atoms with Crippen LogP contribution in [0.1, 0.15) is 42.7 Å². The Kier molecular flexibility index (Phi) is 7.77. The number of nitrogens with one attached hydrogen (secondary N) is 1. The SMILES string of the molecule is CC(C)(C)c1ccc(C2c3sc(=O)n(CC(=O)Nc4cccc5ccccc45)c3SC3C(=O)N(c4ccc(Br)cc4)C(=O)C32)cc1. The number of carbonyl (C=O) groups excluding carboxylic acids is 3. The van der Waals surface area contributed by atoms with E-state index in [-0.39, 0.29) is 34.6 Å². The molecule has 3 amide bonds. The van der Waals surface area contributed by atoms with Crippen LogP contribution in [0.5, 0.6) is 0 Å². The summed E-state index contributed by atoms with van der Waals surface area (Å²) in [6.45, 7) is 6.19. The molecule has 5 aromatic rings. The summed E-state index contributed by atoms with van der Waals surface area (Å²) < 4.78 is 2.30. The number of amides is 3. The van der Waals surface area contributed by atoms with Gasteiger partial charge in [-0.25, -0.2) is 4.90 Å². The zero-order valence-electron chi connectivity index (χ0n) is 25.3. The number of thioether (sulfide) groups is 1. The first kappa shape index (κ1) is 30.7. The second-order valence-electron chi connectivity index (χ2n) is 12.6. The van der Waals surface area contributed by atoms with E-state index in [1.165, 1.54) is 21.2 Å². The maximum atomic E-state index is 14.2. The van der Waals surface area contributed by atoms with Gasteiger partial charge in [0.15, 0.2) is 0 Å². The molecule has 3 heterocycles. The second-order valence-corrected chi connectivity index (χ2v) is 15.6. The average molecular weight is 713 g/mol. The minimum absolute atomic E-state index is 0.0717. The van der Waals surface area contributed by atoms with Crippen molar-refractivity contribution in [2.75, 3.05) is 10.2 Å². The van der Waals surface area contributed by atoms with E-state index in [4.69, 9.17) is 0 Å². The van der Waals surface area contributed by atoms with Gasteiger partial charge in [-0.1, -0.05) is 120 Å². The molecule has 3 atom stereocenters. The Hall–Kier alpha value is -3.99. The maximum Gasteiger partial charge on any atom is 0.308 e. The highest BCUT2D eigenvalue weighted by atomic mass is 79.9. The van der Waals surface area contributed by atoms with E-state index in [0.29, 0.717) is 21.3 Å². The Labute approximate surface area is 282 Å². The molecule has 0 aliphatic carbocycles. The van der Waals surface area contributed by atoms with Crippen molar-refractivity contribution in [3.63, 3.8) is 0 Å². The minimum atomic E-state index is -0.752. The van der Waals surface area contributed by atoms with Gasteiger partial charge < -0.3 is 5.32 Å². The molecular formula is C36H30BrN3O4S2. The van der Waals surface area contributed by atoms with Crippen molar-refractivity contribution >= 4 is 78.9 Å². The predicted octanol–water partition coefficient (Wildman–Crippen LogP) is 7.56. The fourth-order valence-corrected chi connectivity index (χ4v) is 9.35. The molecule has 232 valence electrons. The summed E-state index contributed by atoms with van der Waals surface area (Å²) in [5.74, 6) is -2.19. The van der Waals surface area contributed by atoms with Crippen molar-refractivity contribution in [2.24, 2.45) is 5.92 Å². The average Bonchev–Trinajstić information content (AvgIpc) is 3.47. The highest BCUT2D eigenvalue weighted by Crippen LogP contribution is 2.54. The molecule has 10 heteroatoms. The van der Waals surface area contributed by atoms with Gasteiger partial charge in [0.25, 0.3) is 0 Å². The van der Waals surface area contributed by atoms with Crippen molar-refractivity contribution in [3.05, 3.63) is 121 Å². The summed E-state index contributed by atoms with van der Waals surface area (Å²) >= 11 is 5.70. The van der Waals surface area contributed by atoms with Crippen molar-refractivity contribution in [1.82, 2.24) is 4.57 Å². The predicted molar refractivity (Wildman–Crippen MR) is 188 cm³/mol. The standard InChI is InChI=1S/C36H30BrN3O4S2/c1-36(2,3)22-13-11-21(12-14-22)28-29-30(33(43)40(32(29)42)24-17-15-23(37)16-18-24)45-34-31(28)46-35(44)39(34)19-27(41)38-26-10-6-8-20-7-4-5-9-25(20)26/h4-18,28-30H,19H2,1-3H3,(H,38,41). The number of hydrogen-bond acceptors (Lipinski definition) is 6. The molecule has 1 aromatic heterocycles. The maximum absolute atomic E-state index is 14.2. The van der Waals surface area contributed by atoms with Crippen LogP contribution < -0.4 is 15.1 Å². The molecule has 0 radical (unpaired) electrons. The fourth-order valence-electron chi connectivity index (χ4n) is 6.32. The van der Waals surface area contributed by atoms with E-state index < -0.39 is 17.1 Å². The van der Waals surface area contributed by atoms with Crippen molar-refractivity contribution < 1.29 is 14.4 Å². The van der Waals surface area contributed by atoms with Gasteiger partial charge in [-0.2, -0.15) is 0 Å². The summed E-state index contributed by atoms with van der Waals surface area (Å²) in [5, 5.41) is 4.68. The lowest BCUT2D eigenvalue weighted by Crippen LogP contribution is -2.33. The van der Waals surface area contributed by atoms with Crippen LogP contribution in [0.3, 0.4) is 0 Å². The smallest absolute Gasteiger partial charge is 0.308 e. The molecule has 0 saturated carbocycles. The number of benzene rings is 4. The van der Waals surface area contributed by atoms with Gasteiger partial charge in [0.05, 0.1) is 16.6 Å². The number of rotatable bonds is 5. The van der Waals surface area contributed by atoms with Gasteiger partial charge in [0, 0.05) is 26.3 Å². The van der Waals surface area contributed by atoms with E-state index in [0.717, 1.165) is 37.7 Å². The molecule has 0 spiro atoms. The molecule has 1 fully saturated rings. The summed E-state index contributed by atoms with van der Waals surface area (Å²) in [5.41, 5.74) is 3.09. The molecule has 7 nitrogen and oxygen atoms in total. The molecule has 0 bridgehead atoms. The number of halogens is 1. The van der Waals surface area contributed by atoms with Crippen LogP contribution in [0.25, 0.3) is 10.8 Å². The number of hydrogen-bond donors (Lipinski definition) is 1. The molecule has 46 heavy (non-hydrogen) atoms. The molecule has 1 N–H and O–H groups in total. The topological polar surface area (TPSA) is 88.5 Å². The zero-order chi connectivity index (χ0) is 32.3. The number of nitrogens with zero attached hydrogens (tertiary/aromatic N) is 2. The van der Waals surface area contributed by atoms with Crippen molar-refractivity contribution in [3.8, 4) is 0 Å². The van der Waals surface area contributed by atoms with Crippen molar-refractivity contribution in [2.45, 2.75) is 48.9 Å². The van der Waals surface area contributed by atoms with Crippen LogP contribution in [0, 0.1) is 5.92 Å². The van der Waals surface area contributed by atoms with Crippen LogP contribution in [-0.2, 0) is 26.3 Å². The van der Waals surface area contributed by atoms with Crippen LogP contribution in [0.2, 0.25) is 0 Å². The molecule has 3 unspecified atom stereocenters. The van der Waals surface area contributed by atoms with E-state index >= 15 is 0 Å². The van der Waals surface area contributed by atoms with Gasteiger partial charge in [-0.3, -0.25) is 23.7 Å². The Morgan fingerprint density at radius 2 is 1.57 bits per heavy atom. The Morgan fingerprint density at radius 3 is 2.28 bits per heavy atom. The number of imide groups is 1. The second kappa shape index (κ2) is 11.7.